The van der Waals surface area contributed by atoms with Gasteiger partial charge in [-0.1, -0.05) is 54.1 Å². The molecule has 0 aromatic heterocycles. The molecule has 0 heterocycles. The first-order valence-electron chi connectivity index (χ1n) is 8.10. The standard InChI is InChI=1S/C20H16ClF3N2O/c21-17-9-10-19(25,12-16(17)13-5-2-1-3-6-13)18(27)26-15-8-4-7-14(11-15)20(22,23)24/h1-11H,12,25H2,(H,26,27). The number of benzene rings is 2. The molecule has 7 heteroatoms. The molecular weight excluding hydrogens is 377 g/mol. The van der Waals surface area contributed by atoms with Crippen molar-refractivity contribution in [3.05, 3.63) is 82.9 Å². The highest BCUT2D eigenvalue weighted by Gasteiger charge is 2.36. The number of nitrogens with two attached hydrogens (primary N) is 1. The quantitative estimate of drug-likeness (QED) is 0.776. The maximum Gasteiger partial charge on any atom is 0.416 e. The fourth-order valence-corrected chi connectivity index (χ4v) is 3.05. The summed E-state index contributed by atoms with van der Waals surface area (Å²) >= 11 is 6.26. The van der Waals surface area contributed by atoms with Gasteiger partial charge in [0.2, 0.25) is 5.91 Å². The summed E-state index contributed by atoms with van der Waals surface area (Å²) in [4.78, 5) is 12.7. The van der Waals surface area contributed by atoms with Crippen molar-refractivity contribution >= 4 is 28.8 Å². The lowest BCUT2D eigenvalue weighted by atomic mass is 9.83. The molecule has 140 valence electrons. The number of hydrogen-bond acceptors (Lipinski definition) is 2. The van der Waals surface area contributed by atoms with Crippen LogP contribution in [-0.2, 0) is 11.0 Å². The molecule has 0 radical (unpaired) electrons. The molecule has 0 fully saturated rings. The minimum atomic E-state index is -4.50. The van der Waals surface area contributed by atoms with Gasteiger partial charge in [-0.05, 0) is 35.4 Å². The first kappa shape index (κ1) is 19.2. The summed E-state index contributed by atoms with van der Waals surface area (Å²) in [5.41, 5.74) is 5.52. The number of amides is 1. The van der Waals surface area contributed by atoms with E-state index in [1.165, 1.54) is 18.2 Å². The number of carbonyl (C=O) groups is 1. The Labute approximate surface area is 159 Å². The van der Waals surface area contributed by atoms with Crippen LogP contribution in [0.2, 0.25) is 0 Å². The van der Waals surface area contributed by atoms with E-state index < -0.39 is 23.2 Å². The van der Waals surface area contributed by atoms with Gasteiger partial charge in [0.15, 0.2) is 0 Å². The molecule has 0 saturated heterocycles. The molecule has 0 bridgehead atoms. The van der Waals surface area contributed by atoms with E-state index in [2.05, 4.69) is 5.32 Å². The second-order valence-corrected chi connectivity index (χ2v) is 6.68. The molecule has 0 saturated carbocycles. The van der Waals surface area contributed by atoms with Crippen LogP contribution in [-0.4, -0.2) is 11.4 Å². The average molecular weight is 393 g/mol. The molecule has 3 N–H and O–H groups in total. The summed E-state index contributed by atoms with van der Waals surface area (Å²) in [5, 5.41) is 2.94. The SMILES string of the molecule is NC1(C(=O)Nc2cccc(C(F)(F)F)c2)C=CC(Cl)=C(c2ccccc2)C1. The van der Waals surface area contributed by atoms with Gasteiger partial charge in [-0.25, -0.2) is 0 Å². The second-order valence-electron chi connectivity index (χ2n) is 6.28. The van der Waals surface area contributed by atoms with Crippen molar-refractivity contribution in [3.8, 4) is 0 Å². The van der Waals surface area contributed by atoms with Crippen molar-refractivity contribution in [1.29, 1.82) is 0 Å². The van der Waals surface area contributed by atoms with Crippen LogP contribution < -0.4 is 11.1 Å². The minimum Gasteiger partial charge on any atom is -0.324 e. The first-order valence-corrected chi connectivity index (χ1v) is 8.48. The summed E-state index contributed by atoms with van der Waals surface area (Å²) in [6.45, 7) is 0. The van der Waals surface area contributed by atoms with Crippen molar-refractivity contribution < 1.29 is 18.0 Å². The molecule has 0 aliphatic heterocycles. The molecule has 1 aliphatic carbocycles. The minimum absolute atomic E-state index is 0.0231. The van der Waals surface area contributed by atoms with Crippen molar-refractivity contribution in [2.24, 2.45) is 5.73 Å². The maximum absolute atomic E-state index is 12.8. The molecule has 2 aromatic carbocycles. The fraction of sp³-hybridized carbons (Fsp3) is 0.150. The normalized spacial score (nSPS) is 19.9. The van der Waals surface area contributed by atoms with Crippen LogP contribution in [0.3, 0.4) is 0 Å². The molecule has 2 aromatic rings. The Kier molecular flexibility index (Phi) is 5.13. The Hall–Kier alpha value is -2.57. The number of alkyl halides is 3. The van der Waals surface area contributed by atoms with E-state index >= 15 is 0 Å². The number of carbonyl (C=O) groups excluding carboxylic acids is 1. The number of nitrogens with one attached hydrogen (secondary N) is 1. The van der Waals surface area contributed by atoms with Gasteiger partial charge in [-0.2, -0.15) is 13.2 Å². The summed E-state index contributed by atoms with van der Waals surface area (Å²) < 4.78 is 38.5. The Morgan fingerprint density at radius 1 is 1.11 bits per heavy atom. The van der Waals surface area contributed by atoms with Gasteiger partial charge in [0.25, 0.3) is 0 Å². The zero-order valence-electron chi connectivity index (χ0n) is 14.1. The third-order valence-corrected chi connectivity index (χ3v) is 4.63. The van der Waals surface area contributed by atoms with Crippen LogP contribution in [0.1, 0.15) is 17.5 Å². The Bertz CT molecular complexity index is 922. The lowest BCUT2D eigenvalue weighted by Crippen LogP contribution is -2.50. The van der Waals surface area contributed by atoms with Crippen LogP contribution in [0.5, 0.6) is 0 Å². The third kappa shape index (κ3) is 4.23. The van der Waals surface area contributed by atoms with E-state index in [0.29, 0.717) is 10.6 Å². The first-order chi connectivity index (χ1) is 12.7. The van der Waals surface area contributed by atoms with Gasteiger partial charge in [-0.3, -0.25) is 4.79 Å². The van der Waals surface area contributed by atoms with Crippen molar-refractivity contribution in [1.82, 2.24) is 0 Å². The summed E-state index contributed by atoms with van der Waals surface area (Å²) in [6.07, 6.45) is -1.37. The lowest BCUT2D eigenvalue weighted by Gasteiger charge is -2.29. The van der Waals surface area contributed by atoms with E-state index in [-0.39, 0.29) is 12.1 Å². The highest BCUT2D eigenvalue weighted by atomic mass is 35.5. The van der Waals surface area contributed by atoms with E-state index in [9.17, 15) is 18.0 Å². The zero-order valence-corrected chi connectivity index (χ0v) is 14.8. The predicted octanol–water partition coefficient (Wildman–Crippen LogP) is 4.95. The van der Waals surface area contributed by atoms with Gasteiger partial charge < -0.3 is 11.1 Å². The molecule has 1 unspecified atom stereocenters. The van der Waals surface area contributed by atoms with Gasteiger partial charge in [0, 0.05) is 17.1 Å². The molecule has 1 amide bonds. The van der Waals surface area contributed by atoms with E-state index in [0.717, 1.165) is 17.7 Å². The number of rotatable bonds is 3. The third-order valence-electron chi connectivity index (χ3n) is 4.28. The van der Waals surface area contributed by atoms with Crippen LogP contribution in [0.15, 0.2) is 71.8 Å². The predicted molar refractivity (Wildman–Crippen MR) is 100.0 cm³/mol. The summed E-state index contributed by atoms with van der Waals surface area (Å²) in [5.74, 6) is -0.615. The number of halogens is 4. The lowest BCUT2D eigenvalue weighted by molar-refractivity contribution is -0.137. The highest BCUT2D eigenvalue weighted by molar-refractivity contribution is 6.34. The van der Waals surface area contributed by atoms with Gasteiger partial charge in [0.1, 0.15) is 5.54 Å². The van der Waals surface area contributed by atoms with Crippen molar-refractivity contribution in [2.45, 2.75) is 18.1 Å². The van der Waals surface area contributed by atoms with Crippen LogP contribution in [0.25, 0.3) is 5.57 Å². The number of anilines is 1. The van der Waals surface area contributed by atoms with Crippen molar-refractivity contribution in [3.63, 3.8) is 0 Å². The van der Waals surface area contributed by atoms with Crippen molar-refractivity contribution in [2.75, 3.05) is 5.32 Å². The number of hydrogen-bond donors (Lipinski definition) is 2. The molecule has 0 spiro atoms. The maximum atomic E-state index is 12.8. The van der Waals surface area contributed by atoms with Crippen LogP contribution in [0.4, 0.5) is 18.9 Å². The molecule has 27 heavy (non-hydrogen) atoms. The summed E-state index contributed by atoms with van der Waals surface area (Å²) in [6, 6.07) is 13.6. The molecule has 1 aliphatic rings. The monoisotopic (exact) mass is 392 g/mol. The van der Waals surface area contributed by atoms with Gasteiger partial charge in [0.05, 0.1) is 5.56 Å². The topological polar surface area (TPSA) is 55.1 Å². The van der Waals surface area contributed by atoms with Crippen LogP contribution >= 0.6 is 11.6 Å². The molecule has 3 nitrogen and oxygen atoms in total. The fourth-order valence-electron chi connectivity index (χ4n) is 2.81. The highest BCUT2D eigenvalue weighted by Crippen LogP contribution is 2.35. The van der Waals surface area contributed by atoms with E-state index in [4.69, 9.17) is 17.3 Å². The Morgan fingerprint density at radius 2 is 1.81 bits per heavy atom. The summed E-state index contributed by atoms with van der Waals surface area (Å²) in [7, 11) is 0. The largest absolute Gasteiger partial charge is 0.416 e. The number of allylic oxidation sites excluding steroid dienone is 2. The van der Waals surface area contributed by atoms with Crippen LogP contribution in [0, 0.1) is 0 Å². The molecule has 1 atom stereocenters. The Balaban J connectivity index is 1.83. The Morgan fingerprint density at radius 3 is 2.48 bits per heavy atom. The zero-order chi connectivity index (χ0) is 19.7. The van der Waals surface area contributed by atoms with Gasteiger partial charge >= 0.3 is 6.18 Å². The van der Waals surface area contributed by atoms with E-state index in [1.807, 2.05) is 30.3 Å². The average Bonchev–Trinajstić information content (AvgIpc) is 2.64. The van der Waals surface area contributed by atoms with Gasteiger partial charge in [-0.15, -0.1) is 0 Å². The molecule has 3 rings (SSSR count). The molecular formula is C20H16ClF3N2O. The van der Waals surface area contributed by atoms with E-state index in [1.54, 1.807) is 6.08 Å². The smallest absolute Gasteiger partial charge is 0.324 e. The second kappa shape index (κ2) is 7.21.